The summed E-state index contributed by atoms with van der Waals surface area (Å²) in [4.78, 5) is 8.70. The molecular weight excluding hydrogens is 159 g/mol. The highest BCUT2D eigenvalue weighted by atomic mass is 31.1. The zero-order chi connectivity index (χ0) is 8.10. The van der Waals surface area contributed by atoms with Crippen LogP contribution >= 0.6 is 8.81 Å². The largest absolute Gasteiger partial charge is 0.484 e. The molecule has 2 nitrogen and oxygen atoms in total. The van der Waals surface area contributed by atoms with Crippen molar-refractivity contribution in [3.05, 3.63) is 30.3 Å². The van der Waals surface area contributed by atoms with E-state index in [-0.39, 0.29) is 14.7 Å². The highest BCUT2D eigenvalue weighted by Crippen LogP contribution is 2.18. The monoisotopic (exact) mass is 170 g/mol. The summed E-state index contributed by atoms with van der Waals surface area (Å²) in [6.07, 6.45) is 0. The van der Waals surface area contributed by atoms with Crippen molar-refractivity contribution in [2.45, 2.75) is 12.8 Å². The molecule has 2 unspecified atom stereocenters. The highest BCUT2D eigenvalue weighted by Gasteiger charge is 1.99. The lowest BCUT2D eigenvalue weighted by molar-refractivity contribution is 0.294. The molecular formula is C8H11O2P. The minimum absolute atomic E-state index is 0.0996. The molecule has 60 valence electrons. The van der Waals surface area contributed by atoms with E-state index < -0.39 is 0 Å². The summed E-state index contributed by atoms with van der Waals surface area (Å²) in [5.74, 6) is 0.707. The Morgan fingerprint density at radius 1 is 1.36 bits per heavy atom. The molecule has 1 aromatic carbocycles. The summed E-state index contributed by atoms with van der Waals surface area (Å²) in [5.41, 5.74) is 0. The molecule has 3 heteroatoms. The summed E-state index contributed by atoms with van der Waals surface area (Å²) >= 11 is 0. The van der Waals surface area contributed by atoms with E-state index in [2.05, 4.69) is 0 Å². The zero-order valence-corrected chi connectivity index (χ0v) is 7.32. The molecule has 0 spiro atoms. The van der Waals surface area contributed by atoms with Crippen LogP contribution in [-0.2, 0) is 0 Å². The third kappa shape index (κ3) is 2.87. The van der Waals surface area contributed by atoms with Gasteiger partial charge in [-0.3, -0.25) is 0 Å². The maximum absolute atomic E-state index is 8.70. The number of rotatable bonds is 3. The van der Waals surface area contributed by atoms with Gasteiger partial charge in [-0.15, -0.1) is 0 Å². The van der Waals surface area contributed by atoms with Gasteiger partial charge in [-0.1, -0.05) is 18.2 Å². The fraction of sp³-hybridized carbons (Fsp3) is 0.250. The Morgan fingerprint density at radius 3 is 2.55 bits per heavy atom. The van der Waals surface area contributed by atoms with Crippen molar-refractivity contribution < 1.29 is 9.63 Å². The number of hydrogen-bond donors (Lipinski definition) is 1. The Hall–Kier alpha value is -0.590. The average molecular weight is 170 g/mol. The SMILES string of the molecule is CC(Oc1ccccc1)PO. The molecule has 1 aromatic rings. The molecule has 2 atom stereocenters. The van der Waals surface area contributed by atoms with E-state index in [1.165, 1.54) is 0 Å². The van der Waals surface area contributed by atoms with Crippen LogP contribution < -0.4 is 4.74 Å². The molecule has 0 radical (unpaired) electrons. The van der Waals surface area contributed by atoms with E-state index in [1.807, 2.05) is 37.3 Å². The predicted molar refractivity (Wildman–Crippen MR) is 47.1 cm³/mol. The molecule has 0 saturated heterocycles. The molecule has 0 aromatic heterocycles. The third-order valence-corrected chi connectivity index (χ3v) is 1.72. The van der Waals surface area contributed by atoms with Crippen molar-refractivity contribution in [1.29, 1.82) is 0 Å². The normalized spacial score (nSPS) is 13.6. The molecule has 1 N–H and O–H groups in total. The molecule has 0 saturated carbocycles. The fourth-order valence-corrected chi connectivity index (χ4v) is 0.918. The number of ether oxygens (including phenoxy) is 1. The Kier molecular flexibility index (Phi) is 3.34. The van der Waals surface area contributed by atoms with Crippen LogP contribution in [0, 0.1) is 0 Å². The lowest BCUT2D eigenvalue weighted by Gasteiger charge is -2.10. The summed E-state index contributed by atoms with van der Waals surface area (Å²) < 4.78 is 5.33. The van der Waals surface area contributed by atoms with Gasteiger partial charge >= 0.3 is 0 Å². The topological polar surface area (TPSA) is 29.5 Å². The van der Waals surface area contributed by atoms with Gasteiger partial charge in [0, 0.05) is 0 Å². The van der Waals surface area contributed by atoms with Crippen LogP contribution in [0.1, 0.15) is 6.92 Å². The van der Waals surface area contributed by atoms with Crippen molar-refractivity contribution in [2.24, 2.45) is 0 Å². The van der Waals surface area contributed by atoms with E-state index in [1.54, 1.807) is 0 Å². The van der Waals surface area contributed by atoms with E-state index in [0.29, 0.717) is 0 Å². The Labute approximate surface area is 68.1 Å². The van der Waals surface area contributed by atoms with Gasteiger partial charge in [0.15, 0.2) is 0 Å². The van der Waals surface area contributed by atoms with Gasteiger partial charge in [0.1, 0.15) is 11.6 Å². The van der Waals surface area contributed by atoms with Gasteiger partial charge in [0.25, 0.3) is 0 Å². The molecule has 1 rings (SSSR count). The van der Waals surface area contributed by atoms with E-state index in [9.17, 15) is 0 Å². The van der Waals surface area contributed by atoms with E-state index >= 15 is 0 Å². The number of hydrogen-bond acceptors (Lipinski definition) is 2. The quantitative estimate of drug-likeness (QED) is 0.703. The molecule has 0 aliphatic heterocycles. The van der Waals surface area contributed by atoms with Crippen LogP contribution in [0.25, 0.3) is 0 Å². The Bertz CT molecular complexity index is 201. The summed E-state index contributed by atoms with van der Waals surface area (Å²) in [6.45, 7) is 1.84. The second kappa shape index (κ2) is 4.32. The van der Waals surface area contributed by atoms with Gasteiger partial charge in [-0.2, -0.15) is 0 Å². The maximum Gasteiger partial charge on any atom is 0.136 e. The molecule has 0 aliphatic carbocycles. The van der Waals surface area contributed by atoms with Gasteiger partial charge in [0.2, 0.25) is 0 Å². The van der Waals surface area contributed by atoms with Crippen LogP contribution in [0.4, 0.5) is 0 Å². The second-order valence-corrected chi connectivity index (χ2v) is 3.27. The predicted octanol–water partition coefficient (Wildman–Crippen LogP) is 2.00. The minimum Gasteiger partial charge on any atom is -0.484 e. The first-order valence-electron chi connectivity index (χ1n) is 3.44. The first-order chi connectivity index (χ1) is 5.33. The number of benzene rings is 1. The smallest absolute Gasteiger partial charge is 0.136 e. The average Bonchev–Trinajstić information content (AvgIpc) is 2.06. The summed E-state index contributed by atoms with van der Waals surface area (Å²) in [5, 5.41) is 0. The molecule has 0 amide bonds. The third-order valence-electron chi connectivity index (χ3n) is 1.24. The van der Waals surface area contributed by atoms with E-state index in [0.717, 1.165) is 5.75 Å². The van der Waals surface area contributed by atoms with Crippen LogP contribution in [0.2, 0.25) is 0 Å². The molecule has 11 heavy (non-hydrogen) atoms. The molecule has 0 heterocycles. The van der Waals surface area contributed by atoms with Crippen molar-refractivity contribution >= 4 is 8.81 Å². The van der Waals surface area contributed by atoms with Crippen molar-refractivity contribution in [3.63, 3.8) is 0 Å². The van der Waals surface area contributed by atoms with Crippen molar-refractivity contribution in [2.75, 3.05) is 0 Å². The van der Waals surface area contributed by atoms with Crippen LogP contribution in [0.3, 0.4) is 0 Å². The first kappa shape index (κ1) is 8.51. The lowest BCUT2D eigenvalue weighted by Crippen LogP contribution is -2.03. The lowest BCUT2D eigenvalue weighted by atomic mass is 10.3. The molecule has 0 aliphatic rings. The summed E-state index contributed by atoms with van der Waals surface area (Å²) in [7, 11) is -0.165. The Morgan fingerprint density at radius 2 is 2.00 bits per heavy atom. The fourth-order valence-electron chi connectivity index (χ4n) is 0.730. The van der Waals surface area contributed by atoms with Crippen LogP contribution in [0.5, 0.6) is 5.75 Å². The highest BCUT2D eigenvalue weighted by molar-refractivity contribution is 7.31. The first-order valence-corrected chi connectivity index (χ1v) is 4.46. The Balaban J connectivity index is 2.51. The molecule has 0 bridgehead atoms. The summed E-state index contributed by atoms with van der Waals surface area (Å²) in [6, 6.07) is 9.48. The second-order valence-electron chi connectivity index (χ2n) is 2.20. The van der Waals surface area contributed by atoms with Gasteiger partial charge in [0.05, 0.1) is 8.81 Å². The zero-order valence-electron chi connectivity index (χ0n) is 6.32. The van der Waals surface area contributed by atoms with Gasteiger partial charge in [-0.25, -0.2) is 0 Å². The van der Waals surface area contributed by atoms with Crippen LogP contribution in [0.15, 0.2) is 30.3 Å². The standard InChI is InChI=1S/C8H11O2P/c1-7(11-9)10-8-5-3-2-4-6-8/h2-7,9,11H,1H3. The minimum atomic E-state index is -0.165. The van der Waals surface area contributed by atoms with E-state index in [4.69, 9.17) is 9.63 Å². The van der Waals surface area contributed by atoms with Crippen molar-refractivity contribution in [3.8, 4) is 5.75 Å². The maximum atomic E-state index is 8.70. The number of para-hydroxylation sites is 1. The molecule has 0 fully saturated rings. The van der Waals surface area contributed by atoms with Gasteiger partial charge < -0.3 is 9.63 Å². The van der Waals surface area contributed by atoms with Crippen LogP contribution in [-0.4, -0.2) is 10.7 Å². The van der Waals surface area contributed by atoms with Crippen molar-refractivity contribution in [1.82, 2.24) is 0 Å². The van der Waals surface area contributed by atoms with Gasteiger partial charge in [-0.05, 0) is 19.1 Å².